The number of fused-ring (bicyclic) bond motifs is 1. The Balaban J connectivity index is 1.75. The maximum atomic E-state index is 12.5. The minimum Gasteiger partial charge on any atom is -0.340 e. The van der Waals surface area contributed by atoms with E-state index in [4.69, 9.17) is 0 Å². The summed E-state index contributed by atoms with van der Waals surface area (Å²) in [6.07, 6.45) is 0. The molecule has 0 unspecified atom stereocenters. The molecule has 6 nitrogen and oxygen atoms in total. The third kappa shape index (κ3) is 3.32. The van der Waals surface area contributed by atoms with Crippen LogP contribution in [-0.4, -0.2) is 43.0 Å². The summed E-state index contributed by atoms with van der Waals surface area (Å²) in [5.41, 5.74) is 1.00. The number of halogens is 1. The van der Waals surface area contributed by atoms with E-state index in [1.807, 2.05) is 24.3 Å². The molecule has 0 saturated carbocycles. The van der Waals surface area contributed by atoms with Gasteiger partial charge in [0.15, 0.2) is 0 Å². The highest BCUT2D eigenvalue weighted by Crippen LogP contribution is 2.29. The van der Waals surface area contributed by atoms with Crippen molar-refractivity contribution in [1.82, 2.24) is 9.21 Å². The number of sulfonamides is 1. The van der Waals surface area contributed by atoms with Crippen molar-refractivity contribution in [3.05, 3.63) is 64.1 Å². The van der Waals surface area contributed by atoms with Gasteiger partial charge in [0.25, 0.3) is 15.9 Å². The molecule has 0 fully saturated rings. The van der Waals surface area contributed by atoms with Crippen LogP contribution in [0, 0.1) is 0 Å². The molecule has 0 saturated heterocycles. The third-order valence-electron chi connectivity index (χ3n) is 3.95. The zero-order chi connectivity index (χ0) is 18.2. The van der Waals surface area contributed by atoms with Gasteiger partial charge in [0.05, 0.1) is 5.56 Å². The summed E-state index contributed by atoms with van der Waals surface area (Å²) in [6, 6.07) is 13.4. The van der Waals surface area contributed by atoms with Gasteiger partial charge in [-0.15, -0.1) is 0 Å². The van der Waals surface area contributed by atoms with Crippen molar-refractivity contribution in [2.75, 3.05) is 13.6 Å². The number of nitrogens with zero attached hydrogens (tertiary/aromatic N) is 2. The van der Waals surface area contributed by atoms with E-state index >= 15 is 0 Å². The molecule has 0 N–H and O–H groups in total. The van der Waals surface area contributed by atoms with Crippen molar-refractivity contribution in [3.63, 3.8) is 0 Å². The monoisotopic (exact) mass is 422 g/mol. The first-order valence-electron chi connectivity index (χ1n) is 7.45. The number of carbonyl (C=O) groups excluding carboxylic acids is 2. The number of benzene rings is 2. The van der Waals surface area contributed by atoms with Gasteiger partial charge < -0.3 is 4.90 Å². The molecule has 2 aromatic carbocycles. The molecule has 1 aliphatic rings. The fourth-order valence-corrected chi connectivity index (χ4v) is 4.37. The molecule has 130 valence electrons. The smallest absolute Gasteiger partial charge is 0.269 e. The number of rotatable bonds is 4. The van der Waals surface area contributed by atoms with Gasteiger partial charge in [-0.05, 0) is 29.8 Å². The second-order valence-electron chi connectivity index (χ2n) is 5.69. The Morgan fingerprint density at radius 2 is 1.76 bits per heavy atom. The number of likely N-dealkylation sites (N-methyl/N-ethyl adjacent to an activating group) is 1. The maximum absolute atomic E-state index is 12.5. The van der Waals surface area contributed by atoms with Crippen molar-refractivity contribution in [2.24, 2.45) is 0 Å². The standard InChI is InChI=1S/C17H15BrN2O4S/c1-19(10-12-6-8-13(18)9-7-12)16(21)11-20-17(22)14-4-2-3-5-15(14)25(20,23)24/h2-9H,10-11H2,1H3. The van der Waals surface area contributed by atoms with Crippen LogP contribution in [0.5, 0.6) is 0 Å². The topological polar surface area (TPSA) is 74.8 Å². The van der Waals surface area contributed by atoms with E-state index < -0.39 is 28.4 Å². The minimum absolute atomic E-state index is 0.0524. The van der Waals surface area contributed by atoms with E-state index in [1.165, 1.54) is 17.0 Å². The summed E-state index contributed by atoms with van der Waals surface area (Å²) >= 11 is 3.34. The Morgan fingerprint density at radius 1 is 1.12 bits per heavy atom. The number of amides is 2. The lowest BCUT2D eigenvalue weighted by molar-refractivity contribution is -0.130. The third-order valence-corrected chi connectivity index (χ3v) is 6.27. The highest BCUT2D eigenvalue weighted by Gasteiger charge is 2.42. The number of carbonyl (C=O) groups is 2. The molecule has 25 heavy (non-hydrogen) atoms. The first-order valence-corrected chi connectivity index (χ1v) is 9.68. The van der Waals surface area contributed by atoms with Gasteiger partial charge in [-0.2, -0.15) is 0 Å². The molecule has 0 bridgehead atoms. The van der Waals surface area contributed by atoms with Crippen molar-refractivity contribution in [3.8, 4) is 0 Å². The molecule has 0 radical (unpaired) electrons. The minimum atomic E-state index is -3.97. The first-order chi connectivity index (χ1) is 11.8. The summed E-state index contributed by atoms with van der Waals surface area (Å²) in [5.74, 6) is -1.12. The van der Waals surface area contributed by atoms with Crippen molar-refractivity contribution >= 4 is 37.8 Å². The summed E-state index contributed by atoms with van der Waals surface area (Å²) < 4.78 is 26.5. The summed E-state index contributed by atoms with van der Waals surface area (Å²) in [7, 11) is -2.40. The van der Waals surface area contributed by atoms with Gasteiger partial charge in [0.2, 0.25) is 5.91 Å². The van der Waals surface area contributed by atoms with Crippen LogP contribution in [0.15, 0.2) is 57.9 Å². The van der Waals surface area contributed by atoms with Crippen LogP contribution < -0.4 is 0 Å². The van der Waals surface area contributed by atoms with Crippen molar-refractivity contribution in [2.45, 2.75) is 11.4 Å². The van der Waals surface area contributed by atoms with Gasteiger partial charge in [-0.1, -0.05) is 40.2 Å². The van der Waals surface area contributed by atoms with Gasteiger partial charge in [-0.3, -0.25) is 9.59 Å². The molecule has 0 spiro atoms. The lowest BCUT2D eigenvalue weighted by Gasteiger charge is -2.21. The number of hydrogen-bond donors (Lipinski definition) is 0. The average molecular weight is 423 g/mol. The Bertz CT molecular complexity index is 941. The predicted molar refractivity (Wildman–Crippen MR) is 95.3 cm³/mol. The first kappa shape index (κ1) is 17.6. The zero-order valence-electron chi connectivity index (χ0n) is 13.3. The highest BCUT2D eigenvalue weighted by atomic mass is 79.9. The van der Waals surface area contributed by atoms with Crippen LogP contribution in [0.1, 0.15) is 15.9 Å². The van der Waals surface area contributed by atoms with E-state index in [2.05, 4.69) is 15.9 Å². The van der Waals surface area contributed by atoms with E-state index in [9.17, 15) is 18.0 Å². The molecule has 0 aliphatic carbocycles. The molecule has 0 atom stereocenters. The fourth-order valence-electron chi connectivity index (χ4n) is 2.58. The Hall–Kier alpha value is -2.19. The summed E-state index contributed by atoms with van der Waals surface area (Å²) in [5, 5.41) is 0. The SMILES string of the molecule is CN(Cc1ccc(Br)cc1)C(=O)CN1C(=O)c2ccccc2S1(=O)=O. The molecule has 8 heteroatoms. The van der Waals surface area contributed by atoms with Crippen LogP contribution in [0.3, 0.4) is 0 Å². The zero-order valence-corrected chi connectivity index (χ0v) is 15.7. The summed E-state index contributed by atoms with van der Waals surface area (Å²) in [4.78, 5) is 26.1. The van der Waals surface area contributed by atoms with Gasteiger partial charge >= 0.3 is 0 Å². The van der Waals surface area contributed by atoms with Crippen LogP contribution >= 0.6 is 15.9 Å². The fraction of sp³-hybridized carbons (Fsp3) is 0.176. The maximum Gasteiger partial charge on any atom is 0.269 e. The second kappa shape index (κ2) is 6.61. The normalized spacial score (nSPS) is 15.1. The molecule has 0 aromatic heterocycles. The molecule has 1 heterocycles. The van der Waals surface area contributed by atoms with Crippen molar-refractivity contribution in [1.29, 1.82) is 0 Å². The van der Waals surface area contributed by atoms with E-state index in [0.717, 1.165) is 10.0 Å². The lowest BCUT2D eigenvalue weighted by atomic mass is 10.2. The van der Waals surface area contributed by atoms with Crippen LogP contribution in [0.2, 0.25) is 0 Å². The lowest BCUT2D eigenvalue weighted by Crippen LogP contribution is -2.40. The molecular weight excluding hydrogens is 408 g/mol. The van der Waals surface area contributed by atoms with Gasteiger partial charge in [-0.25, -0.2) is 12.7 Å². The van der Waals surface area contributed by atoms with E-state index in [1.54, 1.807) is 19.2 Å². The van der Waals surface area contributed by atoms with Crippen LogP contribution in [0.25, 0.3) is 0 Å². The highest BCUT2D eigenvalue weighted by molar-refractivity contribution is 9.10. The van der Waals surface area contributed by atoms with Crippen molar-refractivity contribution < 1.29 is 18.0 Å². The molecular formula is C17H15BrN2O4S. The van der Waals surface area contributed by atoms with E-state index in [-0.39, 0.29) is 10.5 Å². The van der Waals surface area contributed by atoms with Crippen LogP contribution in [-0.2, 0) is 21.4 Å². The Kier molecular flexibility index (Phi) is 4.66. The average Bonchev–Trinajstić information content (AvgIpc) is 2.78. The quantitative estimate of drug-likeness (QED) is 0.756. The van der Waals surface area contributed by atoms with Crippen LogP contribution in [0.4, 0.5) is 0 Å². The number of hydrogen-bond acceptors (Lipinski definition) is 4. The Morgan fingerprint density at radius 3 is 2.40 bits per heavy atom. The molecule has 2 aromatic rings. The largest absolute Gasteiger partial charge is 0.340 e. The predicted octanol–water partition coefficient (Wildman–Crippen LogP) is 2.25. The Labute approximate surface area is 154 Å². The van der Waals surface area contributed by atoms with Gasteiger partial charge in [0, 0.05) is 18.1 Å². The molecule has 3 rings (SSSR count). The molecule has 1 aliphatic heterocycles. The summed E-state index contributed by atoms with van der Waals surface area (Å²) in [6.45, 7) is -0.190. The van der Waals surface area contributed by atoms with E-state index in [0.29, 0.717) is 10.8 Å². The molecule has 2 amide bonds. The second-order valence-corrected chi connectivity index (χ2v) is 8.44. The van der Waals surface area contributed by atoms with Gasteiger partial charge in [0.1, 0.15) is 11.4 Å².